The molecule has 29 heavy (non-hydrogen) atoms. The average molecular weight is 416 g/mol. The summed E-state index contributed by atoms with van der Waals surface area (Å²) in [5, 5.41) is 0. The minimum atomic E-state index is 0. The fraction of sp³-hybridized carbons (Fsp3) is 0.435. The van der Waals surface area contributed by atoms with Crippen molar-refractivity contribution in [1.82, 2.24) is 14.5 Å². The van der Waals surface area contributed by atoms with Crippen LogP contribution >= 0.6 is 12.4 Å². The van der Waals surface area contributed by atoms with Gasteiger partial charge < -0.3 is 14.0 Å². The number of rotatable bonds is 7. The summed E-state index contributed by atoms with van der Waals surface area (Å²) in [5.41, 5.74) is 4.74. The van der Waals surface area contributed by atoms with Crippen LogP contribution in [0.15, 0.2) is 42.5 Å². The molecule has 0 N–H and O–H groups in total. The van der Waals surface area contributed by atoms with Crippen molar-refractivity contribution in [3.8, 4) is 5.75 Å². The van der Waals surface area contributed by atoms with E-state index >= 15 is 0 Å². The number of hydrogen-bond donors (Lipinski definition) is 0. The topological polar surface area (TPSA) is 39.5 Å². The Hall–Kier alpha value is -2.08. The first-order chi connectivity index (χ1) is 13.7. The van der Waals surface area contributed by atoms with Crippen molar-refractivity contribution in [2.45, 2.75) is 33.4 Å². The zero-order valence-corrected chi connectivity index (χ0v) is 18.1. The summed E-state index contributed by atoms with van der Waals surface area (Å²) in [7, 11) is 0. The monoisotopic (exact) mass is 415 g/mol. The van der Waals surface area contributed by atoms with Gasteiger partial charge in [0.05, 0.1) is 37.4 Å². The normalized spacial score (nSPS) is 14.7. The van der Waals surface area contributed by atoms with Crippen molar-refractivity contribution in [3.05, 3.63) is 59.4 Å². The van der Waals surface area contributed by atoms with E-state index in [4.69, 9.17) is 14.5 Å². The van der Waals surface area contributed by atoms with E-state index in [1.165, 1.54) is 16.6 Å². The maximum Gasteiger partial charge on any atom is 0.124 e. The highest BCUT2D eigenvalue weighted by Gasteiger charge is 2.16. The highest BCUT2D eigenvalue weighted by Crippen LogP contribution is 2.20. The largest absolute Gasteiger partial charge is 0.493 e. The number of morpholine rings is 1. The molecule has 0 amide bonds. The molecule has 6 heteroatoms. The first-order valence-electron chi connectivity index (χ1n) is 10.1. The lowest BCUT2D eigenvalue weighted by Gasteiger charge is -2.26. The summed E-state index contributed by atoms with van der Waals surface area (Å²) in [6.07, 6.45) is 0.948. The molecule has 0 radical (unpaired) electrons. The van der Waals surface area contributed by atoms with E-state index in [1.807, 2.05) is 0 Å². The van der Waals surface area contributed by atoms with Crippen LogP contribution in [0.5, 0.6) is 5.75 Å². The zero-order chi connectivity index (χ0) is 19.3. The molecule has 0 saturated carbocycles. The predicted molar refractivity (Wildman–Crippen MR) is 119 cm³/mol. The van der Waals surface area contributed by atoms with Gasteiger partial charge in [-0.1, -0.05) is 29.8 Å². The van der Waals surface area contributed by atoms with Crippen molar-refractivity contribution in [1.29, 1.82) is 0 Å². The minimum Gasteiger partial charge on any atom is -0.493 e. The summed E-state index contributed by atoms with van der Waals surface area (Å²) in [4.78, 5) is 7.33. The number of para-hydroxylation sites is 2. The van der Waals surface area contributed by atoms with Gasteiger partial charge in [-0.15, -0.1) is 12.4 Å². The first-order valence-corrected chi connectivity index (χ1v) is 10.1. The molecule has 0 bridgehead atoms. The van der Waals surface area contributed by atoms with E-state index < -0.39 is 0 Å². The van der Waals surface area contributed by atoms with Crippen molar-refractivity contribution >= 4 is 23.4 Å². The number of fused-ring (bicyclic) bond motifs is 1. The lowest BCUT2D eigenvalue weighted by atomic mass is 10.1. The minimum absolute atomic E-state index is 0. The number of aromatic nitrogens is 2. The molecule has 0 unspecified atom stereocenters. The van der Waals surface area contributed by atoms with E-state index in [0.717, 1.165) is 62.9 Å². The molecule has 0 spiro atoms. The summed E-state index contributed by atoms with van der Waals surface area (Å²) >= 11 is 0. The van der Waals surface area contributed by atoms with Crippen LogP contribution in [0.25, 0.3) is 11.0 Å². The van der Waals surface area contributed by atoms with Gasteiger partial charge in [0.15, 0.2) is 0 Å². The number of aryl methyl sites for hydroxylation is 3. The van der Waals surface area contributed by atoms with Gasteiger partial charge >= 0.3 is 0 Å². The van der Waals surface area contributed by atoms with Crippen molar-refractivity contribution in [3.63, 3.8) is 0 Å². The van der Waals surface area contributed by atoms with Gasteiger partial charge in [-0.05, 0) is 44.0 Å². The molecule has 1 saturated heterocycles. The first kappa shape index (κ1) is 21.6. The maximum atomic E-state index is 6.03. The molecular formula is C23H30ClN3O2. The van der Waals surface area contributed by atoms with Crippen LogP contribution < -0.4 is 4.74 Å². The Bertz CT molecular complexity index is 935. The highest BCUT2D eigenvalue weighted by molar-refractivity contribution is 5.85. The predicted octanol–water partition coefficient (Wildman–Crippen LogP) is 4.38. The molecule has 4 rings (SSSR count). The van der Waals surface area contributed by atoms with Gasteiger partial charge in [-0.2, -0.15) is 0 Å². The number of nitrogens with zero attached hydrogens (tertiary/aromatic N) is 3. The van der Waals surface area contributed by atoms with Gasteiger partial charge in [0, 0.05) is 19.6 Å². The van der Waals surface area contributed by atoms with Crippen molar-refractivity contribution in [2.24, 2.45) is 0 Å². The Morgan fingerprint density at radius 2 is 1.86 bits per heavy atom. The van der Waals surface area contributed by atoms with Gasteiger partial charge in [0.1, 0.15) is 11.6 Å². The Kier molecular flexibility index (Phi) is 7.53. The number of benzene rings is 2. The maximum absolute atomic E-state index is 6.03. The second-order valence-electron chi connectivity index (χ2n) is 7.53. The summed E-state index contributed by atoms with van der Waals surface area (Å²) in [6, 6.07) is 14.7. The number of imidazole rings is 1. The molecule has 5 nitrogen and oxygen atoms in total. The Morgan fingerprint density at radius 1 is 1.07 bits per heavy atom. The van der Waals surface area contributed by atoms with E-state index in [0.29, 0.717) is 6.61 Å². The standard InChI is InChI=1S/C23H29N3O2.ClH/c1-18-8-9-22(19(2)16-18)28-13-5-10-26-21-7-4-3-6-20(21)24-23(26)17-25-11-14-27-15-12-25;/h3-4,6-9,16H,5,10-15,17H2,1-2H3;1H. The molecule has 3 aromatic rings. The van der Waals surface area contributed by atoms with Crippen LogP contribution in [0.3, 0.4) is 0 Å². The van der Waals surface area contributed by atoms with E-state index in [1.54, 1.807) is 0 Å². The third-order valence-corrected chi connectivity index (χ3v) is 5.32. The molecule has 0 atom stereocenters. The highest BCUT2D eigenvalue weighted by atomic mass is 35.5. The fourth-order valence-electron chi connectivity index (χ4n) is 3.82. The van der Waals surface area contributed by atoms with E-state index in [9.17, 15) is 0 Å². The SMILES string of the molecule is Cc1ccc(OCCCn2c(CN3CCOCC3)nc3ccccc32)c(C)c1.Cl. The Balaban J connectivity index is 0.00000240. The van der Waals surface area contributed by atoms with E-state index in [2.05, 4.69) is 65.8 Å². The summed E-state index contributed by atoms with van der Waals surface area (Å²) < 4.78 is 13.9. The third-order valence-electron chi connectivity index (χ3n) is 5.32. The molecule has 1 fully saturated rings. The number of hydrogen-bond acceptors (Lipinski definition) is 4. The second-order valence-corrected chi connectivity index (χ2v) is 7.53. The van der Waals surface area contributed by atoms with Crippen LogP contribution in [-0.2, 0) is 17.8 Å². The van der Waals surface area contributed by atoms with Gasteiger partial charge in [-0.3, -0.25) is 4.90 Å². The van der Waals surface area contributed by atoms with Gasteiger partial charge in [0.2, 0.25) is 0 Å². The van der Waals surface area contributed by atoms with Crippen LogP contribution in [0.4, 0.5) is 0 Å². The summed E-state index contributed by atoms with van der Waals surface area (Å²) in [6.45, 7) is 10.3. The average Bonchev–Trinajstić information content (AvgIpc) is 3.04. The smallest absolute Gasteiger partial charge is 0.124 e. The molecule has 0 aliphatic carbocycles. The van der Waals surface area contributed by atoms with Crippen molar-refractivity contribution in [2.75, 3.05) is 32.9 Å². The molecule has 1 aliphatic rings. The van der Waals surface area contributed by atoms with Crippen LogP contribution in [0.2, 0.25) is 0 Å². The van der Waals surface area contributed by atoms with Crippen LogP contribution in [0.1, 0.15) is 23.4 Å². The van der Waals surface area contributed by atoms with Crippen molar-refractivity contribution < 1.29 is 9.47 Å². The number of halogens is 1. The third kappa shape index (κ3) is 5.30. The lowest BCUT2D eigenvalue weighted by molar-refractivity contribution is 0.0326. The quantitative estimate of drug-likeness (QED) is 0.537. The fourth-order valence-corrected chi connectivity index (χ4v) is 3.82. The molecule has 156 valence electrons. The lowest BCUT2D eigenvalue weighted by Crippen LogP contribution is -2.36. The van der Waals surface area contributed by atoms with Gasteiger partial charge in [-0.25, -0.2) is 4.98 Å². The zero-order valence-electron chi connectivity index (χ0n) is 17.3. The molecule has 1 aliphatic heterocycles. The molecule has 2 heterocycles. The van der Waals surface area contributed by atoms with E-state index in [-0.39, 0.29) is 12.4 Å². The Morgan fingerprint density at radius 3 is 2.66 bits per heavy atom. The molecular weight excluding hydrogens is 386 g/mol. The molecule has 1 aromatic heterocycles. The number of ether oxygens (including phenoxy) is 2. The van der Waals surface area contributed by atoms with Crippen LogP contribution in [-0.4, -0.2) is 47.4 Å². The van der Waals surface area contributed by atoms with Crippen LogP contribution in [0, 0.1) is 13.8 Å². The Labute approximate surface area is 179 Å². The summed E-state index contributed by atoms with van der Waals surface area (Å²) in [5.74, 6) is 2.12. The molecule has 2 aromatic carbocycles. The van der Waals surface area contributed by atoms with Gasteiger partial charge in [0.25, 0.3) is 0 Å². The second kappa shape index (κ2) is 10.1.